The van der Waals surface area contributed by atoms with Gasteiger partial charge in [-0.2, -0.15) is 0 Å². The van der Waals surface area contributed by atoms with Gasteiger partial charge in [0.05, 0.1) is 6.10 Å². The fraction of sp³-hybridized carbons (Fsp3) is 0.625. The van der Waals surface area contributed by atoms with Gasteiger partial charge in [0.15, 0.2) is 11.5 Å². The van der Waals surface area contributed by atoms with Crippen molar-refractivity contribution in [3.05, 3.63) is 23.8 Å². The maximum absolute atomic E-state index is 10.6. The van der Waals surface area contributed by atoms with Crippen molar-refractivity contribution in [2.75, 3.05) is 19.8 Å². The molecule has 0 aliphatic carbocycles. The molecule has 1 N–H and O–H groups in total. The zero-order valence-electron chi connectivity index (χ0n) is 12.7. The minimum atomic E-state index is -0.689. The molecule has 0 spiro atoms. The maximum Gasteiger partial charge on any atom is 0.161 e. The third-order valence-electron chi connectivity index (χ3n) is 3.39. The van der Waals surface area contributed by atoms with Crippen LogP contribution in [-0.4, -0.2) is 31.0 Å². The monoisotopic (exact) mass is 280 g/mol. The van der Waals surface area contributed by atoms with Crippen LogP contribution in [0.25, 0.3) is 0 Å². The molecular formula is C16H24O4. The zero-order valence-corrected chi connectivity index (χ0v) is 12.7. The molecular weight excluding hydrogens is 256 g/mol. The average Bonchev–Trinajstić information content (AvgIpc) is 2.42. The van der Waals surface area contributed by atoms with E-state index >= 15 is 0 Å². The van der Waals surface area contributed by atoms with E-state index in [1.165, 1.54) is 0 Å². The summed E-state index contributed by atoms with van der Waals surface area (Å²) in [5, 5.41) is 10.6. The van der Waals surface area contributed by atoms with Gasteiger partial charge in [-0.05, 0) is 30.0 Å². The first-order chi connectivity index (χ1) is 9.43. The lowest BCUT2D eigenvalue weighted by Gasteiger charge is -2.34. The Morgan fingerprint density at radius 1 is 1.20 bits per heavy atom. The van der Waals surface area contributed by atoms with Crippen LogP contribution in [0.1, 0.15) is 39.4 Å². The first-order valence-corrected chi connectivity index (χ1v) is 7.12. The van der Waals surface area contributed by atoms with Crippen molar-refractivity contribution < 1.29 is 19.3 Å². The number of aliphatic hydroxyl groups is 1. The molecule has 2 rings (SSSR count). The highest BCUT2D eigenvalue weighted by Crippen LogP contribution is 2.37. The van der Waals surface area contributed by atoms with Crippen molar-refractivity contribution in [3.8, 4) is 11.5 Å². The minimum absolute atomic E-state index is 0.150. The van der Waals surface area contributed by atoms with Gasteiger partial charge in [-0.1, -0.05) is 26.8 Å². The minimum Gasteiger partial charge on any atom is -0.486 e. The lowest BCUT2D eigenvalue weighted by atomic mass is 9.83. The Hall–Kier alpha value is -1.26. The van der Waals surface area contributed by atoms with E-state index in [4.69, 9.17) is 14.2 Å². The van der Waals surface area contributed by atoms with Crippen LogP contribution in [0.5, 0.6) is 11.5 Å². The molecule has 2 unspecified atom stereocenters. The standard InChI is InChI=1S/C16H24O4/c1-5-18-15(16(2,3)4)14(17)11-6-7-12-13(10-11)20-9-8-19-12/h6-7,10,14-15,17H,5,8-9H2,1-4H3. The predicted octanol–water partition coefficient (Wildman–Crippen LogP) is 2.94. The zero-order chi connectivity index (χ0) is 14.8. The summed E-state index contributed by atoms with van der Waals surface area (Å²) in [4.78, 5) is 0. The Kier molecular flexibility index (Phi) is 4.55. The molecule has 1 aromatic rings. The van der Waals surface area contributed by atoms with E-state index in [0.717, 1.165) is 11.3 Å². The van der Waals surface area contributed by atoms with Crippen molar-refractivity contribution in [2.45, 2.75) is 39.9 Å². The van der Waals surface area contributed by atoms with E-state index < -0.39 is 6.10 Å². The van der Waals surface area contributed by atoms with E-state index in [-0.39, 0.29) is 11.5 Å². The Morgan fingerprint density at radius 2 is 1.85 bits per heavy atom. The molecule has 1 aromatic carbocycles. The predicted molar refractivity (Wildman–Crippen MR) is 77.3 cm³/mol. The van der Waals surface area contributed by atoms with E-state index in [1.807, 2.05) is 25.1 Å². The van der Waals surface area contributed by atoms with Crippen molar-refractivity contribution in [2.24, 2.45) is 5.41 Å². The van der Waals surface area contributed by atoms with Gasteiger partial charge in [-0.15, -0.1) is 0 Å². The van der Waals surface area contributed by atoms with E-state index in [1.54, 1.807) is 0 Å². The third-order valence-corrected chi connectivity index (χ3v) is 3.39. The van der Waals surface area contributed by atoms with Gasteiger partial charge in [0, 0.05) is 6.61 Å². The summed E-state index contributed by atoms with van der Waals surface area (Å²) in [7, 11) is 0. The largest absolute Gasteiger partial charge is 0.486 e. The molecule has 0 saturated carbocycles. The molecule has 1 heterocycles. The molecule has 4 heteroatoms. The molecule has 20 heavy (non-hydrogen) atoms. The normalized spacial score (nSPS) is 17.6. The van der Waals surface area contributed by atoms with Gasteiger partial charge in [0.1, 0.15) is 19.3 Å². The van der Waals surface area contributed by atoms with Gasteiger partial charge in [-0.25, -0.2) is 0 Å². The molecule has 0 amide bonds. The van der Waals surface area contributed by atoms with Crippen molar-refractivity contribution in [1.82, 2.24) is 0 Å². The second-order valence-corrected chi connectivity index (χ2v) is 6.09. The number of aliphatic hydroxyl groups excluding tert-OH is 1. The average molecular weight is 280 g/mol. The second kappa shape index (κ2) is 6.02. The van der Waals surface area contributed by atoms with Crippen LogP contribution in [0.3, 0.4) is 0 Å². The summed E-state index contributed by atoms with van der Waals surface area (Å²) in [6.07, 6.45) is -0.958. The SMILES string of the molecule is CCOC(C(O)c1ccc2c(c1)OCCO2)C(C)(C)C. The van der Waals surface area contributed by atoms with Gasteiger partial charge in [-0.3, -0.25) is 0 Å². The summed E-state index contributed by atoms with van der Waals surface area (Å²) in [6.45, 7) is 9.82. The van der Waals surface area contributed by atoms with E-state index in [0.29, 0.717) is 25.6 Å². The summed E-state index contributed by atoms with van der Waals surface area (Å²) in [5.41, 5.74) is 0.644. The number of benzene rings is 1. The van der Waals surface area contributed by atoms with Crippen molar-refractivity contribution in [1.29, 1.82) is 0 Å². The van der Waals surface area contributed by atoms with Crippen LogP contribution in [0.2, 0.25) is 0 Å². The Morgan fingerprint density at radius 3 is 2.45 bits per heavy atom. The van der Waals surface area contributed by atoms with Crippen LogP contribution in [0.15, 0.2) is 18.2 Å². The first-order valence-electron chi connectivity index (χ1n) is 7.12. The van der Waals surface area contributed by atoms with Crippen LogP contribution < -0.4 is 9.47 Å². The lowest BCUT2D eigenvalue weighted by Crippen LogP contribution is -2.35. The van der Waals surface area contributed by atoms with Crippen molar-refractivity contribution >= 4 is 0 Å². The lowest BCUT2D eigenvalue weighted by molar-refractivity contribution is -0.0899. The first kappa shape index (κ1) is 15.1. The van der Waals surface area contributed by atoms with E-state index in [2.05, 4.69) is 20.8 Å². The van der Waals surface area contributed by atoms with Gasteiger partial charge < -0.3 is 19.3 Å². The molecule has 1 aliphatic rings. The molecule has 112 valence electrons. The van der Waals surface area contributed by atoms with Crippen molar-refractivity contribution in [3.63, 3.8) is 0 Å². The van der Waals surface area contributed by atoms with Gasteiger partial charge in [0.2, 0.25) is 0 Å². The number of hydrogen-bond acceptors (Lipinski definition) is 4. The number of ether oxygens (including phenoxy) is 3. The maximum atomic E-state index is 10.6. The Balaban J connectivity index is 2.24. The molecule has 2 atom stereocenters. The highest BCUT2D eigenvalue weighted by Gasteiger charge is 2.33. The molecule has 0 saturated heterocycles. The number of rotatable bonds is 4. The second-order valence-electron chi connectivity index (χ2n) is 6.09. The summed E-state index contributed by atoms with van der Waals surface area (Å²) >= 11 is 0. The molecule has 4 nitrogen and oxygen atoms in total. The summed E-state index contributed by atoms with van der Waals surface area (Å²) in [6, 6.07) is 5.56. The van der Waals surface area contributed by atoms with Crippen LogP contribution >= 0.6 is 0 Å². The Labute approximate surface area is 120 Å². The molecule has 0 bridgehead atoms. The number of hydrogen-bond donors (Lipinski definition) is 1. The smallest absolute Gasteiger partial charge is 0.161 e. The van der Waals surface area contributed by atoms with Gasteiger partial charge >= 0.3 is 0 Å². The molecule has 1 aliphatic heterocycles. The summed E-state index contributed by atoms with van der Waals surface area (Å²) in [5.74, 6) is 1.42. The third kappa shape index (κ3) is 3.25. The molecule has 0 fully saturated rings. The highest BCUT2D eigenvalue weighted by atomic mass is 16.6. The fourth-order valence-electron chi connectivity index (χ4n) is 2.41. The fourth-order valence-corrected chi connectivity index (χ4v) is 2.41. The van der Waals surface area contributed by atoms with Gasteiger partial charge in [0.25, 0.3) is 0 Å². The van der Waals surface area contributed by atoms with Crippen LogP contribution in [0.4, 0.5) is 0 Å². The van der Waals surface area contributed by atoms with Crippen LogP contribution in [-0.2, 0) is 4.74 Å². The quantitative estimate of drug-likeness (QED) is 0.921. The highest BCUT2D eigenvalue weighted by molar-refractivity contribution is 5.44. The molecule has 0 aromatic heterocycles. The summed E-state index contributed by atoms with van der Waals surface area (Å²) < 4.78 is 16.8. The number of fused-ring (bicyclic) bond motifs is 1. The topological polar surface area (TPSA) is 47.9 Å². The van der Waals surface area contributed by atoms with Crippen LogP contribution in [0, 0.1) is 5.41 Å². The van der Waals surface area contributed by atoms with E-state index in [9.17, 15) is 5.11 Å². The Bertz CT molecular complexity index is 450. The molecule has 0 radical (unpaired) electrons.